The molecule has 1 aliphatic rings. The largest absolute Gasteiger partial charge is 0.356 e. The highest BCUT2D eigenvalue weighted by Gasteiger charge is 2.22. The Morgan fingerprint density at radius 3 is 3.12 bits per heavy atom. The topological polar surface area (TPSA) is 33.1 Å². The van der Waals surface area contributed by atoms with Gasteiger partial charge in [-0.2, -0.15) is 0 Å². The number of nitrogens with one attached hydrogen (secondary N) is 1. The molecule has 0 saturated carbocycles. The smallest absolute Gasteiger partial charge is 0.0985 e. The second kappa shape index (κ2) is 4.28. The molecule has 0 bridgehead atoms. The molecular weight excluding hydrogens is 254 g/mol. The molecule has 0 amide bonds. The van der Waals surface area contributed by atoms with E-state index < -0.39 is 0 Å². The third kappa shape index (κ3) is 1.99. The average molecular weight is 269 g/mol. The third-order valence-electron chi connectivity index (χ3n) is 3.35. The summed E-state index contributed by atoms with van der Waals surface area (Å²) in [6.07, 6.45) is 0. The van der Waals surface area contributed by atoms with Crippen LogP contribution in [0.3, 0.4) is 0 Å². The van der Waals surface area contributed by atoms with Gasteiger partial charge in [-0.05, 0) is 20.0 Å². The Labute approximate surface area is 110 Å². The lowest BCUT2D eigenvalue weighted by atomic mass is 10.1. The van der Waals surface area contributed by atoms with Crippen LogP contribution in [0.25, 0.3) is 10.2 Å². The molecule has 2 aromatic heterocycles. The van der Waals surface area contributed by atoms with E-state index in [1.807, 2.05) is 0 Å². The van der Waals surface area contributed by atoms with Crippen molar-refractivity contribution in [2.75, 3.05) is 26.7 Å². The second-order valence-corrected chi connectivity index (χ2v) is 6.30. The van der Waals surface area contributed by atoms with Crippen molar-refractivity contribution in [1.29, 1.82) is 0 Å². The quantitative estimate of drug-likeness (QED) is 0.848. The Hall–Kier alpha value is -0.550. The fraction of sp³-hybridized carbons (Fsp3) is 0.500. The summed E-state index contributed by atoms with van der Waals surface area (Å²) in [5.74, 6) is 0. The molecule has 17 heavy (non-hydrogen) atoms. The molecule has 91 valence electrons. The van der Waals surface area contributed by atoms with Crippen LogP contribution in [0.4, 0.5) is 0 Å². The Morgan fingerprint density at radius 2 is 2.41 bits per heavy atom. The van der Waals surface area contributed by atoms with E-state index >= 15 is 0 Å². The van der Waals surface area contributed by atoms with Crippen LogP contribution in [0.2, 0.25) is 4.34 Å². The van der Waals surface area contributed by atoms with Crippen LogP contribution in [-0.2, 0) is 0 Å². The Balaban J connectivity index is 1.95. The molecule has 3 nitrogen and oxygen atoms in total. The normalized spacial score (nSPS) is 22.4. The third-order valence-corrected chi connectivity index (χ3v) is 4.89. The van der Waals surface area contributed by atoms with Crippen LogP contribution < -0.4 is 5.32 Å². The lowest BCUT2D eigenvalue weighted by molar-refractivity contribution is 0.234. The van der Waals surface area contributed by atoms with Gasteiger partial charge >= 0.3 is 0 Å². The van der Waals surface area contributed by atoms with Crippen LogP contribution in [0.15, 0.2) is 6.07 Å². The van der Waals surface area contributed by atoms with Crippen LogP contribution >= 0.6 is 22.9 Å². The van der Waals surface area contributed by atoms with E-state index in [4.69, 9.17) is 11.6 Å². The van der Waals surface area contributed by atoms with Gasteiger partial charge in [-0.25, -0.2) is 5.32 Å². The minimum absolute atomic E-state index is 0.284. The van der Waals surface area contributed by atoms with Crippen LogP contribution in [0.5, 0.6) is 0 Å². The molecule has 1 unspecified atom stereocenters. The van der Waals surface area contributed by atoms with Gasteiger partial charge in [-0.3, -0.25) is 0 Å². The number of likely N-dealkylation sites (N-methyl/N-ethyl adjacent to an activating group) is 1. The summed E-state index contributed by atoms with van der Waals surface area (Å²) in [6, 6.07) is 2.48. The predicted octanol–water partition coefficient (Wildman–Crippen LogP) is 2.78. The number of thiophene rings is 1. The van der Waals surface area contributed by atoms with Gasteiger partial charge < -0.3 is 9.88 Å². The number of hydrogen-bond acceptors (Lipinski definition) is 2. The molecule has 3 heterocycles. The first-order chi connectivity index (χ1) is 8.15. The maximum absolute atomic E-state index is 6.12. The molecule has 1 radical (unpaired) electrons. The molecule has 0 spiro atoms. The van der Waals surface area contributed by atoms with Crippen molar-refractivity contribution in [3.8, 4) is 0 Å². The summed E-state index contributed by atoms with van der Waals surface area (Å²) in [6.45, 7) is 5.05. The number of nitrogens with zero attached hydrogens (tertiary/aromatic N) is 2. The summed E-state index contributed by atoms with van der Waals surface area (Å²) < 4.78 is 2.13. The van der Waals surface area contributed by atoms with E-state index in [9.17, 15) is 0 Å². The minimum atomic E-state index is 0.284. The van der Waals surface area contributed by atoms with Crippen molar-refractivity contribution < 1.29 is 0 Å². The highest BCUT2D eigenvalue weighted by Crippen LogP contribution is 2.36. The molecule has 0 aromatic carbocycles. The summed E-state index contributed by atoms with van der Waals surface area (Å²) in [5.41, 5.74) is 3.55. The number of aromatic amines is 1. The maximum atomic E-state index is 6.12. The molecule has 5 heteroatoms. The molecule has 1 saturated heterocycles. The summed E-state index contributed by atoms with van der Waals surface area (Å²) in [4.78, 5) is 5.81. The highest BCUT2D eigenvalue weighted by molar-refractivity contribution is 7.22. The zero-order chi connectivity index (χ0) is 12.0. The average Bonchev–Trinajstić information content (AvgIpc) is 2.81. The van der Waals surface area contributed by atoms with Crippen LogP contribution in [0.1, 0.15) is 17.3 Å². The number of rotatable bonds is 1. The van der Waals surface area contributed by atoms with E-state index in [0.717, 1.165) is 29.5 Å². The summed E-state index contributed by atoms with van der Waals surface area (Å²) >= 11 is 7.76. The van der Waals surface area contributed by atoms with Crippen molar-refractivity contribution in [2.45, 2.75) is 13.0 Å². The van der Waals surface area contributed by atoms with E-state index in [0.29, 0.717) is 0 Å². The molecule has 2 aromatic rings. The number of fused-ring (bicyclic) bond motifs is 1. The Bertz CT molecular complexity index is 545. The van der Waals surface area contributed by atoms with Gasteiger partial charge in [0.2, 0.25) is 0 Å². The standard InChI is InChI=1S/C12H15ClN3S/c1-7-11-10(17-12(7)13)5-8(15-11)9-6-16(2)4-3-14-9/h5,9,15H,3-4,6H2,1-2H3. The highest BCUT2D eigenvalue weighted by atomic mass is 35.5. The number of aryl methyl sites for hydroxylation is 1. The van der Waals surface area contributed by atoms with Gasteiger partial charge in [0.1, 0.15) is 0 Å². The number of H-pyrrole nitrogens is 1. The van der Waals surface area contributed by atoms with Gasteiger partial charge in [0.25, 0.3) is 0 Å². The Kier molecular flexibility index (Phi) is 2.91. The van der Waals surface area contributed by atoms with E-state index in [1.54, 1.807) is 11.3 Å². The van der Waals surface area contributed by atoms with Gasteiger partial charge in [-0.1, -0.05) is 11.6 Å². The van der Waals surface area contributed by atoms with Gasteiger partial charge in [0.05, 0.1) is 20.6 Å². The number of piperazine rings is 1. The van der Waals surface area contributed by atoms with Crippen molar-refractivity contribution >= 4 is 33.2 Å². The minimum Gasteiger partial charge on any atom is -0.356 e. The van der Waals surface area contributed by atoms with Crippen molar-refractivity contribution in [3.63, 3.8) is 0 Å². The summed E-state index contributed by atoms with van der Waals surface area (Å²) in [5, 5.41) is 4.68. The fourth-order valence-electron chi connectivity index (χ4n) is 2.29. The molecule has 0 aliphatic carbocycles. The molecule has 3 rings (SSSR count). The van der Waals surface area contributed by atoms with Crippen LogP contribution in [0, 0.1) is 6.92 Å². The molecule has 1 atom stereocenters. The molecular formula is C12H15ClN3S. The van der Waals surface area contributed by atoms with Gasteiger partial charge in [-0.15, -0.1) is 11.3 Å². The molecule has 1 aliphatic heterocycles. The SMILES string of the molecule is Cc1c(Cl)sc2cc(C3CN(C)CC[N]3)[nH]c12. The van der Waals surface area contributed by atoms with Crippen molar-refractivity contribution in [2.24, 2.45) is 0 Å². The lowest BCUT2D eigenvalue weighted by Crippen LogP contribution is -2.40. The van der Waals surface area contributed by atoms with E-state index in [-0.39, 0.29) is 6.04 Å². The van der Waals surface area contributed by atoms with Crippen molar-refractivity contribution in [1.82, 2.24) is 15.2 Å². The summed E-state index contributed by atoms with van der Waals surface area (Å²) in [7, 11) is 2.15. The van der Waals surface area contributed by atoms with E-state index in [2.05, 4.69) is 35.2 Å². The fourth-order valence-corrected chi connectivity index (χ4v) is 3.57. The number of halogens is 1. The van der Waals surface area contributed by atoms with E-state index in [1.165, 1.54) is 15.9 Å². The monoisotopic (exact) mass is 268 g/mol. The van der Waals surface area contributed by atoms with Crippen molar-refractivity contribution in [3.05, 3.63) is 21.7 Å². The number of hydrogen-bond donors (Lipinski definition) is 1. The Morgan fingerprint density at radius 1 is 1.59 bits per heavy atom. The van der Waals surface area contributed by atoms with Crippen LogP contribution in [-0.4, -0.2) is 36.6 Å². The lowest BCUT2D eigenvalue weighted by Gasteiger charge is -2.28. The molecule has 1 fully saturated rings. The zero-order valence-corrected chi connectivity index (χ0v) is 11.5. The molecule has 1 N–H and O–H groups in total. The maximum Gasteiger partial charge on any atom is 0.0985 e. The second-order valence-electron chi connectivity index (χ2n) is 4.65. The predicted molar refractivity (Wildman–Crippen MR) is 73.2 cm³/mol. The van der Waals surface area contributed by atoms with Gasteiger partial charge in [0.15, 0.2) is 0 Å². The first-order valence-corrected chi connectivity index (χ1v) is 6.97. The first kappa shape index (κ1) is 11.5. The van der Waals surface area contributed by atoms with Gasteiger partial charge in [0, 0.05) is 30.9 Å². The number of aromatic nitrogens is 1. The first-order valence-electron chi connectivity index (χ1n) is 5.78. The zero-order valence-electron chi connectivity index (χ0n) is 9.96.